The van der Waals surface area contributed by atoms with Crippen LogP contribution in [0.2, 0.25) is 0 Å². The largest absolute Gasteiger partial charge is 0.348 e. The monoisotopic (exact) mass is 388 g/mol. The van der Waals surface area contributed by atoms with Crippen molar-refractivity contribution in [1.29, 1.82) is 0 Å². The van der Waals surface area contributed by atoms with Crippen LogP contribution in [0.25, 0.3) is 0 Å². The van der Waals surface area contributed by atoms with Gasteiger partial charge in [0.05, 0.1) is 0 Å². The molecule has 1 fully saturated rings. The zero-order valence-electron chi connectivity index (χ0n) is 17.1. The predicted molar refractivity (Wildman–Crippen MR) is 109 cm³/mol. The molecule has 0 spiro atoms. The Morgan fingerprint density at radius 3 is 2.21 bits per heavy atom. The van der Waals surface area contributed by atoms with E-state index in [-0.39, 0.29) is 17.5 Å². The molecule has 1 heterocycles. The van der Waals surface area contributed by atoms with E-state index in [2.05, 4.69) is 16.0 Å². The van der Waals surface area contributed by atoms with Gasteiger partial charge in [-0.3, -0.25) is 9.59 Å². The number of amides is 4. The summed E-state index contributed by atoms with van der Waals surface area (Å²) in [5.74, 6) is -0.918. The molecule has 28 heavy (non-hydrogen) atoms. The van der Waals surface area contributed by atoms with Crippen molar-refractivity contribution in [3.63, 3.8) is 0 Å². The smallest absolute Gasteiger partial charge is 0.317 e. The number of carbonyl (C=O) groups is 3. The Morgan fingerprint density at radius 1 is 1.00 bits per heavy atom. The first-order valence-corrected chi connectivity index (χ1v) is 9.91. The fourth-order valence-electron chi connectivity index (χ4n) is 3.10. The lowest BCUT2D eigenvalue weighted by Crippen LogP contribution is -2.51. The first-order valence-electron chi connectivity index (χ1n) is 9.91. The molecule has 0 unspecified atom stereocenters. The maximum Gasteiger partial charge on any atom is 0.317 e. The van der Waals surface area contributed by atoms with Crippen LogP contribution in [0.15, 0.2) is 30.3 Å². The van der Waals surface area contributed by atoms with Gasteiger partial charge in [-0.05, 0) is 51.5 Å². The molecule has 7 heteroatoms. The number of piperidine rings is 1. The number of hydrogen-bond donors (Lipinski definition) is 3. The molecule has 3 N–H and O–H groups in total. The summed E-state index contributed by atoms with van der Waals surface area (Å²) in [5, 5.41) is 8.33. The number of hydrogen-bond acceptors (Lipinski definition) is 3. The number of nitrogens with one attached hydrogen (secondary N) is 3. The maximum absolute atomic E-state index is 12.2. The Hall–Kier alpha value is -2.57. The number of nitrogens with zero attached hydrogens (tertiary/aromatic N) is 1. The number of benzene rings is 1. The molecule has 1 aliphatic heterocycles. The van der Waals surface area contributed by atoms with Gasteiger partial charge >= 0.3 is 17.8 Å². The fourth-order valence-corrected chi connectivity index (χ4v) is 3.10. The zero-order chi connectivity index (χ0) is 20.6. The van der Waals surface area contributed by atoms with Crippen LogP contribution >= 0.6 is 0 Å². The van der Waals surface area contributed by atoms with Gasteiger partial charge in [-0.1, -0.05) is 30.3 Å². The lowest BCUT2D eigenvalue weighted by Gasteiger charge is -2.34. The van der Waals surface area contributed by atoms with Crippen molar-refractivity contribution in [2.24, 2.45) is 5.92 Å². The van der Waals surface area contributed by atoms with E-state index in [1.54, 1.807) is 4.90 Å². The molecule has 0 radical (unpaired) electrons. The number of rotatable bonds is 5. The molecule has 0 aliphatic carbocycles. The van der Waals surface area contributed by atoms with E-state index in [0.717, 1.165) is 18.4 Å². The standard InChI is InChI=1S/C21H32N4O3/c1-21(2,3)24-20(28)25-13-10-17(11-14-25)15-23-19(27)18(26)22-12-9-16-7-5-4-6-8-16/h4-8,17H,9-15H2,1-3H3,(H,22,26)(H,23,27)(H,24,28). The lowest BCUT2D eigenvalue weighted by molar-refractivity contribution is -0.139. The first-order chi connectivity index (χ1) is 13.2. The molecule has 0 bridgehead atoms. The highest BCUT2D eigenvalue weighted by molar-refractivity contribution is 6.35. The number of urea groups is 1. The Bertz CT molecular complexity index is 662. The molecule has 1 aliphatic rings. The second-order valence-corrected chi connectivity index (χ2v) is 8.31. The molecule has 154 valence electrons. The van der Waals surface area contributed by atoms with E-state index in [1.165, 1.54) is 0 Å². The summed E-state index contributed by atoms with van der Waals surface area (Å²) in [6.45, 7) is 8.07. The summed E-state index contributed by atoms with van der Waals surface area (Å²) in [6, 6.07) is 9.76. The van der Waals surface area contributed by atoms with Gasteiger partial charge in [0, 0.05) is 31.7 Å². The normalized spacial score (nSPS) is 15.0. The Kier molecular flexibility index (Phi) is 7.84. The molecule has 1 saturated heterocycles. The van der Waals surface area contributed by atoms with Crippen LogP contribution in [0.3, 0.4) is 0 Å². The molecule has 7 nitrogen and oxygen atoms in total. The summed E-state index contributed by atoms with van der Waals surface area (Å²) in [6.07, 6.45) is 2.32. The van der Waals surface area contributed by atoms with E-state index < -0.39 is 11.8 Å². The molecular formula is C21H32N4O3. The van der Waals surface area contributed by atoms with Gasteiger partial charge in [-0.15, -0.1) is 0 Å². The molecule has 4 amide bonds. The molecule has 2 rings (SSSR count). The van der Waals surface area contributed by atoms with Gasteiger partial charge in [0.15, 0.2) is 0 Å². The highest BCUT2D eigenvalue weighted by Crippen LogP contribution is 2.17. The second-order valence-electron chi connectivity index (χ2n) is 8.31. The Morgan fingerprint density at radius 2 is 1.61 bits per heavy atom. The van der Waals surface area contributed by atoms with Gasteiger partial charge < -0.3 is 20.9 Å². The third kappa shape index (κ3) is 7.58. The molecule has 1 aromatic rings. The molecule has 1 aromatic carbocycles. The van der Waals surface area contributed by atoms with Crippen LogP contribution in [-0.2, 0) is 16.0 Å². The van der Waals surface area contributed by atoms with E-state index in [0.29, 0.717) is 32.6 Å². The molecule has 0 aromatic heterocycles. The van der Waals surface area contributed by atoms with Crippen molar-refractivity contribution in [3.8, 4) is 0 Å². The first kappa shape index (κ1) is 21.7. The highest BCUT2D eigenvalue weighted by atomic mass is 16.2. The van der Waals surface area contributed by atoms with E-state index in [9.17, 15) is 14.4 Å². The van der Waals surface area contributed by atoms with Gasteiger partial charge in [0.1, 0.15) is 0 Å². The van der Waals surface area contributed by atoms with Crippen molar-refractivity contribution in [3.05, 3.63) is 35.9 Å². The van der Waals surface area contributed by atoms with E-state index in [1.807, 2.05) is 51.1 Å². The average molecular weight is 389 g/mol. The van der Waals surface area contributed by atoms with Gasteiger partial charge in [0.2, 0.25) is 0 Å². The predicted octanol–water partition coefficient (Wildman–Crippen LogP) is 1.68. The summed E-state index contributed by atoms with van der Waals surface area (Å²) >= 11 is 0. The minimum absolute atomic E-state index is 0.0484. The lowest BCUT2D eigenvalue weighted by atomic mass is 9.97. The quantitative estimate of drug-likeness (QED) is 0.671. The summed E-state index contributed by atoms with van der Waals surface area (Å²) in [5.41, 5.74) is 0.862. The van der Waals surface area contributed by atoms with Crippen LogP contribution in [-0.4, -0.2) is 54.5 Å². The van der Waals surface area contributed by atoms with Gasteiger partial charge in [0.25, 0.3) is 0 Å². The third-order valence-corrected chi connectivity index (χ3v) is 4.68. The van der Waals surface area contributed by atoms with Crippen LogP contribution in [0.1, 0.15) is 39.2 Å². The topological polar surface area (TPSA) is 90.5 Å². The summed E-state index contributed by atoms with van der Waals surface area (Å²) in [7, 11) is 0. The average Bonchev–Trinajstić information content (AvgIpc) is 2.66. The SMILES string of the molecule is CC(C)(C)NC(=O)N1CCC(CNC(=O)C(=O)NCCc2ccccc2)CC1. The minimum atomic E-state index is -0.599. The van der Waals surface area contributed by atoms with Gasteiger partial charge in [-0.25, -0.2) is 4.79 Å². The minimum Gasteiger partial charge on any atom is -0.348 e. The zero-order valence-corrected chi connectivity index (χ0v) is 17.1. The van der Waals surface area contributed by atoms with E-state index in [4.69, 9.17) is 0 Å². The fraction of sp³-hybridized carbons (Fsp3) is 0.571. The summed E-state index contributed by atoms with van der Waals surface area (Å²) < 4.78 is 0. The Labute approximate surface area is 167 Å². The van der Waals surface area contributed by atoms with Crippen molar-refractivity contribution in [2.45, 2.75) is 45.6 Å². The van der Waals surface area contributed by atoms with Crippen LogP contribution in [0.5, 0.6) is 0 Å². The van der Waals surface area contributed by atoms with Crippen LogP contribution < -0.4 is 16.0 Å². The van der Waals surface area contributed by atoms with Crippen molar-refractivity contribution >= 4 is 17.8 Å². The number of carbonyl (C=O) groups excluding carboxylic acids is 3. The van der Waals surface area contributed by atoms with Crippen molar-refractivity contribution in [2.75, 3.05) is 26.2 Å². The van der Waals surface area contributed by atoms with Crippen molar-refractivity contribution in [1.82, 2.24) is 20.9 Å². The highest BCUT2D eigenvalue weighted by Gasteiger charge is 2.25. The Balaban J connectivity index is 1.62. The molecule has 0 saturated carbocycles. The van der Waals surface area contributed by atoms with E-state index >= 15 is 0 Å². The second kappa shape index (κ2) is 10.1. The van der Waals surface area contributed by atoms with Crippen LogP contribution in [0, 0.1) is 5.92 Å². The molecular weight excluding hydrogens is 356 g/mol. The molecule has 0 atom stereocenters. The van der Waals surface area contributed by atoms with Crippen molar-refractivity contribution < 1.29 is 14.4 Å². The van der Waals surface area contributed by atoms with Gasteiger partial charge in [-0.2, -0.15) is 0 Å². The van der Waals surface area contributed by atoms with Crippen LogP contribution in [0.4, 0.5) is 4.79 Å². The maximum atomic E-state index is 12.2. The third-order valence-electron chi connectivity index (χ3n) is 4.68. The summed E-state index contributed by atoms with van der Waals surface area (Å²) in [4.78, 5) is 37.8. The number of likely N-dealkylation sites (tertiary alicyclic amines) is 1.